The lowest BCUT2D eigenvalue weighted by atomic mass is 10.1. The normalized spacial score (nSPS) is 11.0. The average Bonchev–Trinajstić information content (AvgIpc) is 3.16. The number of hydrogen-bond acceptors (Lipinski definition) is 5. The summed E-state index contributed by atoms with van der Waals surface area (Å²) < 4.78 is 7.91. The first-order chi connectivity index (χ1) is 15.0. The van der Waals surface area contributed by atoms with Crippen molar-refractivity contribution in [2.75, 3.05) is 5.75 Å². The number of ether oxygens (including phenoxy) is 1. The zero-order chi connectivity index (χ0) is 22.1. The third-order valence-electron chi connectivity index (χ3n) is 4.57. The van der Waals surface area contributed by atoms with Gasteiger partial charge < -0.3 is 14.6 Å². The van der Waals surface area contributed by atoms with Gasteiger partial charge in [-0.25, -0.2) is 0 Å². The Labute approximate surface area is 192 Å². The number of aromatic nitrogens is 3. The summed E-state index contributed by atoms with van der Waals surface area (Å²) in [5.74, 6) is 2.31. The molecule has 6 nitrogen and oxygen atoms in total. The van der Waals surface area contributed by atoms with E-state index in [2.05, 4.69) is 33.9 Å². The molecule has 1 aromatic heterocycles. The minimum absolute atomic E-state index is 0.0551. The second kappa shape index (κ2) is 11.8. The van der Waals surface area contributed by atoms with E-state index in [0.29, 0.717) is 24.1 Å². The summed E-state index contributed by atoms with van der Waals surface area (Å²) in [4.78, 5) is 12.3. The molecule has 0 aliphatic rings. The van der Waals surface area contributed by atoms with E-state index in [9.17, 15) is 4.79 Å². The van der Waals surface area contributed by atoms with Gasteiger partial charge in [-0.15, -0.1) is 10.2 Å². The minimum Gasteiger partial charge on any atom is -0.486 e. The zero-order valence-electron chi connectivity index (χ0n) is 17.8. The van der Waals surface area contributed by atoms with Crippen molar-refractivity contribution in [2.45, 2.75) is 45.1 Å². The molecule has 1 amide bonds. The van der Waals surface area contributed by atoms with Crippen molar-refractivity contribution in [1.29, 1.82) is 0 Å². The van der Waals surface area contributed by atoms with Gasteiger partial charge >= 0.3 is 0 Å². The van der Waals surface area contributed by atoms with Crippen LogP contribution in [0.3, 0.4) is 0 Å². The fraction of sp³-hybridized carbons (Fsp3) is 0.348. The highest BCUT2D eigenvalue weighted by Crippen LogP contribution is 2.20. The molecule has 0 unspecified atom stereocenters. The standard InChI is InChI=1S/C23H27ClN4O2S/c1-17(2)12-13-28-21(15-30-20-6-4-3-5-7-20)26-27-23(28)31-16-22(29)25-14-18-8-10-19(24)11-9-18/h3-11,17H,12-16H2,1-2H3,(H,25,29). The summed E-state index contributed by atoms with van der Waals surface area (Å²) in [5, 5.41) is 13.0. The number of nitrogens with one attached hydrogen (secondary N) is 1. The molecule has 1 heterocycles. The van der Waals surface area contributed by atoms with Gasteiger partial charge in [-0.1, -0.05) is 67.5 Å². The molecule has 0 saturated heterocycles. The van der Waals surface area contributed by atoms with Crippen molar-refractivity contribution in [1.82, 2.24) is 20.1 Å². The molecule has 0 atom stereocenters. The molecule has 0 fully saturated rings. The number of carbonyl (C=O) groups is 1. The molecule has 0 bridgehead atoms. The van der Waals surface area contributed by atoms with Gasteiger partial charge in [-0.2, -0.15) is 0 Å². The third kappa shape index (κ3) is 7.60. The molecule has 0 aliphatic carbocycles. The van der Waals surface area contributed by atoms with Gasteiger partial charge in [0.25, 0.3) is 0 Å². The van der Waals surface area contributed by atoms with Crippen LogP contribution in [0.4, 0.5) is 0 Å². The monoisotopic (exact) mass is 458 g/mol. The topological polar surface area (TPSA) is 69.0 Å². The largest absolute Gasteiger partial charge is 0.486 e. The predicted molar refractivity (Wildman–Crippen MR) is 124 cm³/mol. The van der Waals surface area contributed by atoms with E-state index in [1.807, 2.05) is 54.6 Å². The Morgan fingerprint density at radius 2 is 1.87 bits per heavy atom. The molecule has 1 N–H and O–H groups in total. The summed E-state index contributed by atoms with van der Waals surface area (Å²) >= 11 is 7.28. The Morgan fingerprint density at radius 3 is 2.58 bits per heavy atom. The Bertz CT molecular complexity index is 961. The summed E-state index contributed by atoms with van der Waals surface area (Å²) in [6, 6.07) is 17.1. The molecule has 0 spiro atoms. The van der Waals surface area contributed by atoms with Crippen LogP contribution in [0.2, 0.25) is 5.02 Å². The van der Waals surface area contributed by atoms with Crippen LogP contribution in [0.15, 0.2) is 59.8 Å². The molecule has 3 rings (SSSR count). The maximum absolute atomic E-state index is 12.3. The first-order valence-electron chi connectivity index (χ1n) is 10.2. The molecule has 31 heavy (non-hydrogen) atoms. The van der Waals surface area contributed by atoms with E-state index in [0.717, 1.165) is 35.3 Å². The highest BCUT2D eigenvalue weighted by Gasteiger charge is 2.15. The van der Waals surface area contributed by atoms with E-state index in [1.54, 1.807) is 0 Å². The summed E-state index contributed by atoms with van der Waals surface area (Å²) in [6.07, 6.45) is 0.993. The van der Waals surface area contributed by atoms with Crippen molar-refractivity contribution in [3.8, 4) is 5.75 Å². The van der Waals surface area contributed by atoms with Crippen LogP contribution in [-0.4, -0.2) is 26.4 Å². The van der Waals surface area contributed by atoms with E-state index in [4.69, 9.17) is 16.3 Å². The summed E-state index contributed by atoms with van der Waals surface area (Å²) in [7, 11) is 0. The maximum atomic E-state index is 12.3. The second-order valence-electron chi connectivity index (χ2n) is 7.53. The Morgan fingerprint density at radius 1 is 1.13 bits per heavy atom. The van der Waals surface area contributed by atoms with Gasteiger partial charge in [0.05, 0.1) is 5.75 Å². The SMILES string of the molecule is CC(C)CCn1c(COc2ccccc2)nnc1SCC(=O)NCc1ccc(Cl)cc1. The number of para-hydroxylation sites is 1. The van der Waals surface area contributed by atoms with Gasteiger partial charge in [0.15, 0.2) is 11.0 Å². The van der Waals surface area contributed by atoms with Crippen molar-refractivity contribution in [3.63, 3.8) is 0 Å². The molecule has 164 valence electrons. The predicted octanol–water partition coefficient (Wildman–Crippen LogP) is 4.97. The van der Waals surface area contributed by atoms with E-state index < -0.39 is 0 Å². The molecule has 8 heteroatoms. The lowest BCUT2D eigenvalue weighted by Gasteiger charge is -2.12. The first-order valence-corrected chi connectivity index (χ1v) is 11.6. The van der Waals surface area contributed by atoms with Crippen molar-refractivity contribution in [3.05, 3.63) is 71.0 Å². The number of thioether (sulfide) groups is 1. The van der Waals surface area contributed by atoms with E-state index in [1.165, 1.54) is 11.8 Å². The smallest absolute Gasteiger partial charge is 0.230 e. The van der Waals surface area contributed by atoms with Gasteiger partial charge in [-0.3, -0.25) is 4.79 Å². The minimum atomic E-state index is -0.0551. The lowest BCUT2D eigenvalue weighted by molar-refractivity contribution is -0.118. The Kier molecular flexibility index (Phi) is 8.79. The molecular weight excluding hydrogens is 432 g/mol. The fourth-order valence-corrected chi connectivity index (χ4v) is 3.73. The third-order valence-corrected chi connectivity index (χ3v) is 5.79. The number of rotatable bonds is 11. The van der Waals surface area contributed by atoms with Crippen molar-refractivity contribution >= 4 is 29.3 Å². The highest BCUT2D eigenvalue weighted by atomic mass is 35.5. The Balaban J connectivity index is 1.57. The molecule has 3 aromatic rings. The number of amides is 1. The van der Waals surface area contributed by atoms with Gasteiger partial charge in [0.1, 0.15) is 12.4 Å². The molecule has 0 radical (unpaired) electrons. The number of nitrogens with zero attached hydrogens (tertiary/aromatic N) is 3. The maximum Gasteiger partial charge on any atom is 0.230 e. The quantitative estimate of drug-likeness (QED) is 0.411. The Hall–Kier alpha value is -2.51. The van der Waals surface area contributed by atoms with Gasteiger partial charge in [0.2, 0.25) is 5.91 Å². The molecule has 0 saturated carbocycles. The van der Waals surface area contributed by atoms with Crippen molar-refractivity contribution < 1.29 is 9.53 Å². The van der Waals surface area contributed by atoms with Crippen LogP contribution >= 0.6 is 23.4 Å². The summed E-state index contributed by atoms with van der Waals surface area (Å²) in [6.45, 7) is 5.95. The van der Waals surface area contributed by atoms with Crippen LogP contribution in [0.25, 0.3) is 0 Å². The molecule has 0 aliphatic heterocycles. The molecule has 2 aromatic carbocycles. The van der Waals surface area contributed by atoms with Crippen molar-refractivity contribution in [2.24, 2.45) is 5.92 Å². The summed E-state index contributed by atoms with van der Waals surface area (Å²) in [5.41, 5.74) is 1.00. The van der Waals surface area contributed by atoms with Crippen LogP contribution in [0.5, 0.6) is 5.75 Å². The first kappa shape index (κ1) is 23.2. The van der Waals surface area contributed by atoms with Crippen LogP contribution in [0, 0.1) is 5.92 Å². The number of benzene rings is 2. The second-order valence-corrected chi connectivity index (χ2v) is 8.91. The lowest BCUT2D eigenvalue weighted by Crippen LogP contribution is -2.24. The molecular formula is C23H27ClN4O2S. The van der Waals surface area contributed by atoms with Crippen LogP contribution in [0.1, 0.15) is 31.7 Å². The zero-order valence-corrected chi connectivity index (χ0v) is 19.3. The number of hydrogen-bond donors (Lipinski definition) is 1. The number of carbonyl (C=O) groups excluding carboxylic acids is 1. The van der Waals surface area contributed by atoms with E-state index in [-0.39, 0.29) is 11.7 Å². The van der Waals surface area contributed by atoms with Crippen LogP contribution in [-0.2, 0) is 24.5 Å². The highest BCUT2D eigenvalue weighted by molar-refractivity contribution is 7.99. The fourth-order valence-electron chi connectivity index (χ4n) is 2.79. The van der Waals surface area contributed by atoms with Gasteiger partial charge in [0, 0.05) is 18.1 Å². The van der Waals surface area contributed by atoms with Gasteiger partial charge in [-0.05, 0) is 42.2 Å². The average molecular weight is 459 g/mol. The van der Waals surface area contributed by atoms with E-state index >= 15 is 0 Å². The van der Waals surface area contributed by atoms with Crippen LogP contribution < -0.4 is 10.1 Å². The number of halogens is 1.